The van der Waals surface area contributed by atoms with Crippen molar-refractivity contribution in [1.82, 2.24) is 8.87 Å². The van der Waals surface area contributed by atoms with E-state index >= 15 is 0 Å². The molecule has 1 unspecified atom stereocenters. The van der Waals surface area contributed by atoms with E-state index in [9.17, 15) is 13.2 Å². The molecular weight excluding hydrogens is 478 g/mol. The van der Waals surface area contributed by atoms with Crippen LogP contribution >= 0.6 is 34.3 Å². The number of carbonyl (C=O) groups excluding carboxylic acids is 1. The second kappa shape index (κ2) is 8.76. The summed E-state index contributed by atoms with van der Waals surface area (Å²) in [7, 11) is -2.25. The number of terminal acetylenes is 1. The zero-order valence-corrected chi connectivity index (χ0v) is 19.7. The summed E-state index contributed by atoms with van der Waals surface area (Å²) in [5.41, 5.74) is 0.833. The number of carbonyl (C=O) groups is 1. The molecule has 2 aromatic heterocycles. The van der Waals surface area contributed by atoms with Crippen molar-refractivity contribution >= 4 is 60.4 Å². The van der Waals surface area contributed by atoms with Gasteiger partial charge in [-0.05, 0) is 43.2 Å². The minimum atomic E-state index is -3.82. The van der Waals surface area contributed by atoms with Crippen molar-refractivity contribution in [2.45, 2.75) is 29.6 Å². The lowest BCUT2D eigenvalue weighted by molar-refractivity contribution is -0.121. The third-order valence-electron chi connectivity index (χ3n) is 4.95. The van der Waals surface area contributed by atoms with E-state index in [0.717, 1.165) is 21.6 Å². The van der Waals surface area contributed by atoms with E-state index in [-0.39, 0.29) is 17.3 Å². The standard InChI is InChI=1S/C20H18ClN3O4S3/c1-3-10-23-14-7-6-13(28-2)12-16(14)29-20(23)22-19(25)15-5-4-11-24(15)31(26,27)18-9-8-17(21)30-18/h1,6-9,12,15H,4-5,10-11H2,2H3. The molecule has 31 heavy (non-hydrogen) atoms. The molecule has 1 amide bonds. The van der Waals surface area contributed by atoms with Crippen molar-refractivity contribution in [2.75, 3.05) is 13.7 Å². The lowest BCUT2D eigenvalue weighted by atomic mass is 10.2. The fourth-order valence-electron chi connectivity index (χ4n) is 3.51. The second-order valence-corrected chi connectivity index (χ2v) is 11.6. The molecular formula is C20H18ClN3O4S3. The van der Waals surface area contributed by atoms with Crippen molar-refractivity contribution in [3.8, 4) is 18.1 Å². The van der Waals surface area contributed by atoms with Gasteiger partial charge in [0.05, 0.1) is 28.2 Å². The SMILES string of the molecule is C#CCn1c(=NC(=O)C2CCCN2S(=O)(=O)c2ccc(Cl)s2)sc2cc(OC)ccc21. The van der Waals surface area contributed by atoms with E-state index in [4.69, 9.17) is 22.8 Å². The molecule has 0 saturated carbocycles. The quantitative estimate of drug-likeness (QED) is 0.508. The van der Waals surface area contributed by atoms with E-state index < -0.39 is 22.0 Å². The van der Waals surface area contributed by atoms with Gasteiger partial charge in [0, 0.05) is 6.54 Å². The summed E-state index contributed by atoms with van der Waals surface area (Å²) in [5.74, 6) is 2.76. The predicted octanol–water partition coefficient (Wildman–Crippen LogP) is 3.34. The highest BCUT2D eigenvalue weighted by molar-refractivity contribution is 7.91. The number of methoxy groups -OCH3 is 1. The van der Waals surface area contributed by atoms with Gasteiger partial charge in [0.1, 0.15) is 16.0 Å². The van der Waals surface area contributed by atoms with E-state index in [1.54, 1.807) is 11.7 Å². The molecule has 3 heterocycles. The molecule has 0 spiro atoms. The number of rotatable bonds is 5. The summed E-state index contributed by atoms with van der Waals surface area (Å²) in [6, 6.07) is 7.65. The average molecular weight is 496 g/mol. The van der Waals surface area contributed by atoms with Crippen molar-refractivity contribution in [2.24, 2.45) is 4.99 Å². The lowest BCUT2D eigenvalue weighted by Gasteiger charge is -2.20. The summed E-state index contributed by atoms with van der Waals surface area (Å²) in [5, 5.41) is 0. The minimum Gasteiger partial charge on any atom is -0.497 e. The first-order valence-corrected chi connectivity index (χ1v) is 12.8. The number of thiazole rings is 1. The Bertz CT molecular complexity index is 1360. The Labute approximate surface area is 192 Å². The van der Waals surface area contributed by atoms with E-state index in [0.29, 0.717) is 27.7 Å². The van der Waals surface area contributed by atoms with Gasteiger partial charge in [-0.1, -0.05) is 28.9 Å². The Morgan fingerprint density at radius 1 is 1.35 bits per heavy atom. The largest absolute Gasteiger partial charge is 0.497 e. The highest BCUT2D eigenvalue weighted by Crippen LogP contribution is 2.32. The van der Waals surface area contributed by atoms with Crippen LogP contribution in [0.15, 0.2) is 39.5 Å². The number of nitrogens with zero attached hydrogens (tertiary/aromatic N) is 3. The van der Waals surface area contributed by atoms with Gasteiger partial charge in [-0.25, -0.2) is 8.42 Å². The maximum absolute atomic E-state index is 13.1. The molecule has 0 radical (unpaired) electrons. The number of thiophene rings is 1. The zero-order chi connectivity index (χ0) is 22.2. The van der Waals surface area contributed by atoms with Crippen molar-refractivity contribution in [3.63, 3.8) is 0 Å². The number of hydrogen-bond donors (Lipinski definition) is 0. The average Bonchev–Trinajstić information content (AvgIpc) is 3.47. The fraction of sp³-hybridized carbons (Fsp3) is 0.300. The fourth-order valence-corrected chi connectivity index (χ4v) is 7.83. The first-order valence-electron chi connectivity index (χ1n) is 9.31. The van der Waals surface area contributed by atoms with Crippen LogP contribution in [0.1, 0.15) is 12.8 Å². The van der Waals surface area contributed by atoms with Crippen molar-refractivity contribution < 1.29 is 17.9 Å². The molecule has 1 aliphatic heterocycles. The topological polar surface area (TPSA) is 81.0 Å². The van der Waals surface area contributed by atoms with Crippen molar-refractivity contribution in [1.29, 1.82) is 0 Å². The first-order chi connectivity index (χ1) is 14.8. The van der Waals surface area contributed by atoms with Gasteiger partial charge in [0.2, 0.25) is 0 Å². The maximum atomic E-state index is 13.1. The summed E-state index contributed by atoms with van der Waals surface area (Å²) in [6.45, 7) is 0.497. The van der Waals surface area contributed by atoms with Gasteiger partial charge >= 0.3 is 0 Å². The Morgan fingerprint density at radius 3 is 2.84 bits per heavy atom. The Morgan fingerprint density at radius 2 is 2.16 bits per heavy atom. The number of hydrogen-bond acceptors (Lipinski definition) is 6. The van der Waals surface area contributed by atoms with Crippen LogP contribution < -0.4 is 9.54 Å². The third-order valence-corrected chi connectivity index (χ3v) is 9.59. The number of halogens is 1. The van der Waals surface area contributed by atoms with E-state index in [1.807, 2.05) is 18.2 Å². The number of sulfonamides is 1. The summed E-state index contributed by atoms with van der Waals surface area (Å²) >= 11 is 8.19. The molecule has 1 aliphatic rings. The third kappa shape index (κ3) is 4.16. The van der Waals surface area contributed by atoms with Crippen LogP contribution in [0.2, 0.25) is 4.34 Å². The normalized spacial score (nSPS) is 17.8. The van der Waals surface area contributed by atoms with Crippen LogP contribution in [0.25, 0.3) is 10.2 Å². The Kier molecular flexibility index (Phi) is 6.23. The Hall–Kier alpha value is -2.16. The Balaban J connectivity index is 1.73. The number of benzene rings is 1. The van der Waals surface area contributed by atoms with Crippen LogP contribution in [0.5, 0.6) is 5.75 Å². The van der Waals surface area contributed by atoms with Crippen LogP contribution in [-0.4, -0.2) is 42.9 Å². The van der Waals surface area contributed by atoms with Gasteiger partial charge in [-0.3, -0.25) is 4.79 Å². The minimum absolute atomic E-state index is 0.119. The molecule has 1 fully saturated rings. The molecule has 7 nitrogen and oxygen atoms in total. The molecule has 1 aromatic carbocycles. The molecule has 162 valence electrons. The van der Waals surface area contributed by atoms with Crippen LogP contribution in [0.3, 0.4) is 0 Å². The summed E-state index contributed by atoms with van der Waals surface area (Å²) < 4.78 is 35.7. The highest BCUT2D eigenvalue weighted by atomic mass is 35.5. The number of fused-ring (bicyclic) bond motifs is 1. The van der Waals surface area contributed by atoms with Crippen LogP contribution in [-0.2, 0) is 21.4 Å². The van der Waals surface area contributed by atoms with E-state index in [2.05, 4.69) is 10.9 Å². The monoisotopic (exact) mass is 495 g/mol. The molecule has 0 aliphatic carbocycles. The van der Waals surface area contributed by atoms with Crippen molar-refractivity contribution in [3.05, 3.63) is 39.5 Å². The van der Waals surface area contributed by atoms with Gasteiger partial charge in [0.25, 0.3) is 15.9 Å². The maximum Gasteiger partial charge on any atom is 0.266 e. The molecule has 0 N–H and O–H groups in total. The second-order valence-electron chi connectivity index (χ2n) is 6.79. The van der Waals surface area contributed by atoms with Gasteiger partial charge < -0.3 is 9.30 Å². The first kappa shape index (κ1) is 22.0. The predicted molar refractivity (Wildman–Crippen MR) is 122 cm³/mol. The van der Waals surface area contributed by atoms with Crippen LogP contribution in [0, 0.1) is 12.3 Å². The van der Waals surface area contributed by atoms with Crippen LogP contribution in [0.4, 0.5) is 0 Å². The molecule has 0 bridgehead atoms. The summed E-state index contributed by atoms with van der Waals surface area (Å²) in [4.78, 5) is 17.8. The molecule has 1 saturated heterocycles. The summed E-state index contributed by atoms with van der Waals surface area (Å²) in [6.07, 6.45) is 6.51. The molecule has 11 heteroatoms. The zero-order valence-electron chi connectivity index (χ0n) is 16.4. The number of ether oxygens (including phenoxy) is 1. The number of amides is 1. The van der Waals surface area contributed by atoms with Gasteiger partial charge in [-0.15, -0.1) is 17.8 Å². The molecule has 4 rings (SSSR count). The van der Waals surface area contributed by atoms with Gasteiger partial charge in [-0.2, -0.15) is 9.30 Å². The molecule has 3 aromatic rings. The highest BCUT2D eigenvalue weighted by Gasteiger charge is 2.40. The number of aromatic nitrogens is 1. The lowest BCUT2D eigenvalue weighted by Crippen LogP contribution is -2.40. The van der Waals surface area contributed by atoms with E-state index in [1.165, 1.54) is 27.8 Å². The smallest absolute Gasteiger partial charge is 0.266 e. The van der Waals surface area contributed by atoms with Gasteiger partial charge in [0.15, 0.2) is 4.80 Å². The molecule has 1 atom stereocenters.